The second-order valence-corrected chi connectivity index (χ2v) is 6.41. The number of hydrogen-bond acceptors (Lipinski definition) is 4. The summed E-state index contributed by atoms with van der Waals surface area (Å²) >= 11 is 0. The molecule has 1 saturated carbocycles. The van der Waals surface area contributed by atoms with Crippen LogP contribution in [0.1, 0.15) is 55.4 Å². The van der Waals surface area contributed by atoms with Crippen molar-refractivity contribution in [1.29, 1.82) is 0 Å². The molecule has 5 nitrogen and oxygen atoms in total. The smallest absolute Gasteiger partial charge is 0.270 e. The van der Waals surface area contributed by atoms with E-state index in [2.05, 4.69) is 15.2 Å². The van der Waals surface area contributed by atoms with Gasteiger partial charge in [0, 0.05) is 19.1 Å². The Morgan fingerprint density at radius 1 is 1.14 bits per heavy atom. The second-order valence-electron chi connectivity index (χ2n) is 6.41. The fourth-order valence-corrected chi connectivity index (χ4v) is 3.33. The molecular formula is C17H25N3O2. The normalized spacial score (nSPS) is 25.8. The Morgan fingerprint density at radius 3 is 2.59 bits per heavy atom. The number of nitrogens with one attached hydrogen (secondary N) is 1. The number of amides is 1. The fourth-order valence-electron chi connectivity index (χ4n) is 3.33. The predicted molar refractivity (Wildman–Crippen MR) is 86.0 cm³/mol. The van der Waals surface area contributed by atoms with Gasteiger partial charge in [0.25, 0.3) is 5.91 Å². The van der Waals surface area contributed by atoms with E-state index in [0.717, 1.165) is 44.6 Å². The molecule has 1 aromatic heterocycles. The highest BCUT2D eigenvalue weighted by atomic mass is 16.3. The molecule has 120 valence electrons. The third-order valence-corrected chi connectivity index (χ3v) is 4.68. The number of nitrogens with zero attached hydrogens (tertiary/aromatic N) is 2. The Labute approximate surface area is 131 Å². The first-order valence-electron chi connectivity index (χ1n) is 8.43. The van der Waals surface area contributed by atoms with Crippen LogP contribution in [0.3, 0.4) is 0 Å². The highest BCUT2D eigenvalue weighted by molar-refractivity contribution is 5.92. The van der Waals surface area contributed by atoms with Gasteiger partial charge in [0.2, 0.25) is 0 Å². The lowest BCUT2D eigenvalue weighted by Gasteiger charge is -2.28. The van der Waals surface area contributed by atoms with Gasteiger partial charge in [0.1, 0.15) is 11.5 Å². The molecule has 0 radical (unpaired) electrons. The Bertz CT molecular complexity index is 506. The molecule has 0 atom stereocenters. The van der Waals surface area contributed by atoms with E-state index in [-0.39, 0.29) is 18.1 Å². The molecule has 3 rings (SSSR count). The van der Waals surface area contributed by atoms with Crippen molar-refractivity contribution in [3.05, 3.63) is 23.9 Å². The maximum absolute atomic E-state index is 12.4. The predicted octanol–water partition coefficient (Wildman–Crippen LogP) is 2.11. The largest absolute Gasteiger partial charge is 0.393 e. The summed E-state index contributed by atoms with van der Waals surface area (Å²) < 4.78 is 0. The van der Waals surface area contributed by atoms with E-state index in [1.54, 1.807) is 6.07 Å². The number of carbonyl (C=O) groups excluding carboxylic acids is 1. The maximum atomic E-state index is 12.4. The van der Waals surface area contributed by atoms with Gasteiger partial charge in [-0.1, -0.05) is 6.07 Å². The fraction of sp³-hybridized carbons (Fsp3) is 0.647. The topological polar surface area (TPSA) is 65.5 Å². The van der Waals surface area contributed by atoms with Crippen molar-refractivity contribution >= 4 is 11.7 Å². The number of hydrogen-bond donors (Lipinski definition) is 2. The van der Waals surface area contributed by atoms with Crippen molar-refractivity contribution in [3.63, 3.8) is 0 Å². The minimum Gasteiger partial charge on any atom is -0.393 e. The van der Waals surface area contributed by atoms with E-state index in [0.29, 0.717) is 5.69 Å². The molecule has 1 aliphatic heterocycles. The number of piperidine rings is 1. The number of aromatic nitrogens is 1. The molecule has 2 fully saturated rings. The Hall–Kier alpha value is -1.62. The Morgan fingerprint density at radius 2 is 1.86 bits per heavy atom. The highest BCUT2D eigenvalue weighted by Gasteiger charge is 2.22. The third-order valence-electron chi connectivity index (χ3n) is 4.68. The van der Waals surface area contributed by atoms with Crippen molar-refractivity contribution in [2.75, 3.05) is 18.0 Å². The number of carbonyl (C=O) groups is 1. The summed E-state index contributed by atoms with van der Waals surface area (Å²) in [4.78, 5) is 19.2. The van der Waals surface area contributed by atoms with Gasteiger partial charge < -0.3 is 15.3 Å². The zero-order valence-corrected chi connectivity index (χ0v) is 13.0. The van der Waals surface area contributed by atoms with Crippen LogP contribution < -0.4 is 10.2 Å². The summed E-state index contributed by atoms with van der Waals surface area (Å²) in [5, 5.41) is 12.6. The van der Waals surface area contributed by atoms with E-state index in [1.165, 1.54) is 19.3 Å². The summed E-state index contributed by atoms with van der Waals surface area (Å²) in [5.74, 6) is 0.812. The molecule has 1 saturated heterocycles. The molecule has 2 N–H and O–H groups in total. The van der Waals surface area contributed by atoms with Crippen molar-refractivity contribution in [3.8, 4) is 0 Å². The van der Waals surface area contributed by atoms with Crippen LogP contribution in [0.25, 0.3) is 0 Å². The molecule has 2 aliphatic rings. The lowest BCUT2D eigenvalue weighted by atomic mass is 9.93. The molecule has 2 heterocycles. The van der Waals surface area contributed by atoms with Gasteiger partial charge >= 0.3 is 0 Å². The average Bonchev–Trinajstić information content (AvgIpc) is 2.58. The van der Waals surface area contributed by atoms with Crippen LogP contribution in [0.5, 0.6) is 0 Å². The monoisotopic (exact) mass is 303 g/mol. The van der Waals surface area contributed by atoms with Crippen molar-refractivity contribution in [2.24, 2.45) is 0 Å². The zero-order chi connectivity index (χ0) is 15.4. The SMILES string of the molecule is O=C(N[C@H]1CC[C@H](O)CC1)c1cccc(N2CCCCC2)n1. The molecule has 0 unspecified atom stereocenters. The minimum atomic E-state index is -0.200. The molecule has 0 aromatic carbocycles. The van der Waals surface area contributed by atoms with Crippen LogP contribution in [0.15, 0.2) is 18.2 Å². The maximum Gasteiger partial charge on any atom is 0.270 e. The summed E-state index contributed by atoms with van der Waals surface area (Å²) in [6, 6.07) is 5.84. The van der Waals surface area contributed by atoms with E-state index in [9.17, 15) is 9.90 Å². The second kappa shape index (κ2) is 7.09. The van der Waals surface area contributed by atoms with Gasteiger partial charge in [0.15, 0.2) is 0 Å². The van der Waals surface area contributed by atoms with Crippen LogP contribution >= 0.6 is 0 Å². The molecule has 1 aliphatic carbocycles. The van der Waals surface area contributed by atoms with Gasteiger partial charge in [-0.05, 0) is 57.1 Å². The molecule has 0 spiro atoms. The zero-order valence-electron chi connectivity index (χ0n) is 13.0. The lowest BCUT2D eigenvalue weighted by Crippen LogP contribution is -2.39. The van der Waals surface area contributed by atoms with E-state index in [4.69, 9.17) is 0 Å². The number of rotatable bonds is 3. The van der Waals surface area contributed by atoms with Gasteiger partial charge in [-0.2, -0.15) is 0 Å². The van der Waals surface area contributed by atoms with E-state index >= 15 is 0 Å². The third kappa shape index (κ3) is 3.77. The van der Waals surface area contributed by atoms with E-state index in [1.807, 2.05) is 12.1 Å². The van der Waals surface area contributed by atoms with Crippen molar-refractivity contribution in [2.45, 2.75) is 57.1 Å². The van der Waals surface area contributed by atoms with Crippen LogP contribution in [-0.4, -0.2) is 41.2 Å². The summed E-state index contributed by atoms with van der Waals surface area (Å²) in [6.45, 7) is 2.05. The molecule has 5 heteroatoms. The van der Waals surface area contributed by atoms with Gasteiger partial charge in [-0.3, -0.25) is 4.79 Å². The average molecular weight is 303 g/mol. The first kappa shape index (κ1) is 15.3. The van der Waals surface area contributed by atoms with Crippen LogP contribution in [-0.2, 0) is 0 Å². The standard InChI is InChI=1S/C17H25N3O2/c21-14-9-7-13(8-10-14)18-17(22)15-5-4-6-16(19-15)20-11-2-1-3-12-20/h4-6,13-14,21H,1-3,7-12H2,(H,18,22)/t13-,14-. The van der Waals surface area contributed by atoms with Crippen molar-refractivity contribution in [1.82, 2.24) is 10.3 Å². The Kier molecular flexibility index (Phi) is 4.93. The molecule has 1 aromatic rings. The summed E-state index contributed by atoms with van der Waals surface area (Å²) in [7, 11) is 0. The quantitative estimate of drug-likeness (QED) is 0.897. The summed E-state index contributed by atoms with van der Waals surface area (Å²) in [5.41, 5.74) is 0.495. The minimum absolute atomic E-state index is 0.0970. The van der Waals surface area contributed by atoms with Crippen LogP contribution in [0.4, 0.5) is 5.82 Å². The Balaban J connectivity index is 1.62. The molecule has 22 heavy (non-hydrogen) atoms. The van der Waals surface area contributed by atoms with Gasteiger partial charge in [-0.15, -0.1) is 0 Å². The summed E-state index contributed by atoms with van der Waals surface area (Å²) in [6.07, 6.45) is 6.71. The van der Waals surface area contributed by atoms with Gasteiger partial charge in [0.05, 0.1) is 6.10 Å². The first-order valence-corrected chi connectivity index (χ1v) is 8.43. The number of pyridine rings is 1. The molecule has 0 bridgehead atoms. The van der Waals surface area contributed by atoms with E-state index < -0.39 is 0 Å². The van der Waals surface area contributed by atoms with Crippen molar-refractivity contribution < 1.29 is 9.90 Å². The highest BCUT2D eigenvalue weighted by Crippen LogP contribution is 2.20. The number of aliphatic hydroxyl groups is 1. The van der Waals surface area contributed by atoms with Crippen LogP contribution in [0, 0.1) is 0 Å². The number of aliphatic hydroxyl groups excluding tert-OH is 1. The van der Waals surface area contributed by atoms with Gasteiger partial charge in [-0.25, -0.2) is 4.98 Å². The number of anilines is 1. The lowest BCUT2D eigenvalue weighted by molar-refractivity contribution is 0.0863. The molecule has 1 amide bonds. The first-order chi connectivity index (χ1) is 10.7. The van der Waals surface area contributed by atoms with Crippen LogP contribution in [0.2, 0.25) is 0 Å². The molecular weight excluding hydrogens is 278 g/mol.